The summed E-state index contributed by atoms with van der Waals surface area (Å²) in [6, 6.07) is 0.884. The second-order valence-electron chi connectivity index (χ2n) is 1.51. The highest BCUT2D eigenvalue weighted by molar-refractivity contribution is 4.80. The van der Waals surface area contributed by atoms with E-state index in [9.17, 15) is 0 Å². The van der Waals surface area contributed by atoms with Crippen LogP contribution >= 0.6 is 0 Å². The van der Waals surface area contributed by atoms with Gasteiger partial charge in [0.1, 0.15) is 0 Å². The molecular weight excluding hydrogens is 86.1 g/mol. The third-order valence-corrected chi connectivity index (χ3v) is 0.986. The summed E-state index contributed by atoms with van der Waals surface area (Å²) in [7, 11) is 0. The van der Waals surface area contributed by atoms with Crippen molar-refractivity contribution in [2.75, 3.05) is 6.54 Å². The van der Waals surface area contributed by atoms with Gasteiger partial charge < -0.3 is 5.32 Å². The minimum atomic E-state index is 0.884. The van der Waals surface area contributed by atoms with E-state index in [0.717, 1.165) is 6.04 Å². The standard InChI is InChI=1S/C4H9N.C2H6/c1-2-4-3-5-4;1-2/h4-5H,2-3H2,1H3;1-2H3. The molecule has 7 heavy (non-hydrogen) atoms. The van der Waals surface area contributed by atoms with Crippen LogP contribution in [0.15, 0.2) is 0 Å². The van der Waals surface area contributed by atoms with Crippen LogP contribution in [0.2, 0.25) is 0 Å². The van der Waals surface area contributed by atoms with E-state index >= 15 is 0 Å². The number of rotatable bonds is 1. The van der Waals surface area contributed by atoms with Crippen LogP contribution in [0.25, 0.3) is 0 Å². The molecule has 0 bridgehead atoms. The van der Waals surface area contributed by atoms with E-state index in [0.29, 0.717) is 0 Å². The van der Waals surface area contributed by atoms with Crippen LogP contribution in [0.1, 0.15) is 27.2 Å². The summed E-state index contributed by atoms with van der Waals surface area (Å²) in [6.45, 7) is 7.46. The van der Waals surface area contributed by atoms with Crippen molar-refractivity contribution in [1.29, 1.82) is 0 Å². The van der Waals surface area contributed by atoms with E-state index in [1.165, 1.54) is 13.0 Å². The lowest BCUT2D eigenvalue weighted by Gasteiger charge is -1.71. The SMILES string of the molecule is CC.CCC1CN1. The molecule has 44 valence electrons. The molecule has 0 aromatic carbocycles. The minimum Gasteiger partial charge on any atom is -0.311 e. The smallest absolute Gasteiger partial charge is 0.0190 e. The third-order valence-electron chi connectivity index (χ3n) is 0.986. The van der Waals surface area contributed by atoms with Gasteiger partial charge in [-0.05, 0) is 6.42 Å². The second-order valence-corrected chi connectivity index (χ2v) is 1.51. The Morgan fingerprint density at radius 2 is 2.00 bits per heavy atom. The lowest BCUT2D eigenvalue weighted by molar-refractivity contribution is 0.894. The zero-order valence-electron chi connectivity index (χ0n) is 5.49. The average Bonchev–Trinajstić information content (AvgIpc) is 2.52. The van der Waals surface area contributed by atoms with Crippen molar-refractivity contribution in [2.45, 2.75) is 33.2 Å². The highest BCUT2D eigenvalue weighted by Crippen LogP contribution is 1.98. The van der Waals surface area contributed by atoms with Gasteiger partial charge >= 0.3 is 0 Å². The van der Waals surface area contributed by atoms with E-state index < -0.39 is 0 Å². The summed E-state index contributed by atoms with van der Waals surface area (Å²) in [6.07, 6.45) is 1.31. The summed E-state index contributed by atoms with van der Waals surface area (Å²) >= 11 is 0. The van der Waals surface area contributed by atoms with Crippen molar-refractivity contribution in [2.24, 2.45) is 0 Å². The molecule has 1 aliphatic rings. The molecule has 1 rings (SSSR count). The van der Waals surface area contributed by atoms with Crippen LogP contribution in [0, 0.1) is 0 Å². The Labute approximate surface area is 46.1 Å². The summed E-state index contributed by atoms with van der Waals surface area (Å²) < 4.78 is 0. The van der Waals surface area contributed by atoms with Crippen LogP contribution < -0.4 is 5.32 Å². The van der Waals surface area contributed by atoms with Crippen molar-refractivity contribution in [3.8, 4) is 0 Å². The average molecular weight is 101 g/mol. The number of hydrogen-bond acceptors (Lipinski definition) is 1. The van der Waals surface area contributed by atoms with Gasteiger partial charge in [0.2, 0.25) is 0 Å². The van der Waals surface area contributed by atoms with E-state index in [1.54, 1.807) is 0 Å². The van der Waals surface area contributed by atoms with Crippen LogP contribution in [-0.4, -0.2) is 12.6 Å². The fourth-order valence-electron chi connectivity index (χ4n) is 0.372. The van der Waals surface area contributed by atoms with Crippen molar-refractivity contribution in [3.05, 3.63) is 0 Å². The van der Waals surface area contributed by atoms with Crippen molar-refractivity contribution < 1.29 is 0 Å². The molecule has 0 saturated carbocycles. The maximum atomic E-state index is 3.18. The van der Waals surface area contributed by atoms with Gasteiger partial charge in [-0.2, -0.15) is 0 Å². The summed E-state index contributed by atoms with van der Waals surface area (Å²) in [5.74, 6) is 0. The Kier molecular flexibility index (Phi) is 4.10. The zero-order chi connectivity index (χ0) is 5.70. The predicted molar refractivity (Wildman–Crippen MR) is 33.4 cm³/mol. The van der Waals surface area contributed by atoms with Crippen molar-refractivity contribution >= 4 is 0 Å². The molecule has 0 spiro atoms. The van der Waals surface area contributed by atoms with Crippen LogP contribution in [-0.2, 0) is 0 Å². The zero-order valence-corrected chi connectivity index (χ0v) is 5.49. The van der Waals surface area contributed by atoms with Gasteiger partial charge in [-0.3, -0.25) is 0 Å². The monoisotopic (exact) mass is 101 g/mol. The molecule has 0 aromatic rings. The molecule has 1 unspecified atom stereocenters. The van der Waals surface area contributed by atoms with Crippen molar-refractivity contribution in [1.82, 2.24) is 5.32 Å². The maximum absolute atomic E-state index is 3.18. The Balaban J connectivity index is 0.000000162. The molecule has 0 aliphatic carbocycles. The lowest BCUT2D eigenvalue weighted by Crippen LogP contribution is -1.81. The summed E-state index contributed by atoms with van der Waals surface area (Å²) in [5, 5.41) is 3.18. The molecule has 1 heterocycles. The first kappa shape index (κ1) is 6.96. The molecule has 0 radical (unpaired) electrons. The topological polar surface area (TPSA) is 21.9 Å². The molecule has 1 nitrogen and oxygen atoms in total. The number of hydrogen-bond donors (Lipinski definition) is 1. The lowest BCUT2D eigenvalue weighted by atomic mass is 10.4. The first-order valence-electron chi connectivity index (χ1n) is 3.17. The predicted octanol–water partition coefficient (Wildman–Crippen LogP) is 1.39. The number of nitrogens with one attached hydrogen (secondary N) is 1. The summed E-state index contributed by atoms with van der Waals surface area (Å²) in [5.41, 5.74) is 0. The van der Waals surface area contributed by atoms with Crippen molar-refractivity contribution in [3.63, 3.8) is 0 Å². The third kappa shape index (κ3) is 3.80. The Morgan fingerprint density at radius 3 is 2.00 bits per heavy atom. The Hall–Kier alpha value is -0.0400. The van der Waals surface area contributed by atoms with Crippen LogP contribution in [0.3, 0.4) is 0 Å². The van der Waals surface area contributed by atoms with E-state index in [-0.39, 0.29) is 0 Å². The Morgan fingerprint density at radius 1 is 1.57 bits per heavy atom. The minimum absolute atomic E-state index is 0.884. The largest absolute Gasteiger partial charge is 0.311 e. The first-order chi connectivity index (χ1) is 3.43. The van der Waals surface area contributed by atoms with E-state index in [4.69, 9.17) is 0 Å². The first-order valence-corrected chi connectivity index (χ1v) is 3.17. The molecule has 1 N–H and O–H groups in total. The Bertz CT molecular complexity index is 31.2. The van der Waals surface area contributed by atoms with Gasteiger partial charge in [0, 0.05) is 12.6 Å². The molecular formula is C6H15N. The molecule has 1 heteroatoms. The maximum Gasteiger partial charge on any atom is 0.0190 e. The summed E-state index contributed by atoms with van der Waals surface area (Å²) in [4.78, 5) is 0. The van der Waals surface area contributed by atoms with Gasteiger partial charge in [-0.1, -0.05) is 20.8 Å². The van der Waals surface area contributed by atoms with Gasteiger partial charge in [-0.25, -0.2) is 0 Å². The highest BCUT2D eigenvalue weighted by atomic mass is 15.1. The van der Waals surface area contributed by atoms with Gasteiger partial charge in [0.25, 0.3) is 0 Å². The van der Waals surface area contributed by atoms with E-state index in [2.05, 4.69) is 12.2 Å². The normalized spacial score (nSPS) is 25.3. The molecule has 1 aliphatic heterocycles. The van der Waals surface area contributed by atoms with Gasteiger partial charge in [0.05, 0.1) is 0 Å². The molecule has 0 amide bonds. The van der Waals surface area contributed by atoms with Crippen LogP contribution in [0.4, 0.5) is 0 Å². The molecule has 0 aromatic heterocycles. The fourth-order valence-corrected chi connectivity index (χ4v) is 0.372. The van der Waals surface area contributed by atoms with Gasteiger partial charge in [-0.15, -0.1) is 0 Å². The van der Waals surface area contributed by atoms with Crippen LogP contribution in [0.5, 0.6) is 0 Å². The fraction of sp³-hybridized carbons (Fsp3) is 1.00. The second kappa shape index (κ2) is 4.13. The molecule has 1 saturated heterocycles. The quantitative estimate of drug-likeness (QED) is 0.495. The molecule has 1 fully saturated rings. The molecule has 1 atom stereocenters. The van der Waals surface area contributed by atoms with E-state index in [1.807, 2.05) is 13.8 Å². The van der Waals surface area contributed by atoms with Gasteiger partial charge in [0.15, 0.2) is 0 Å². The highest BCUT2D eigenvalue weighted by Gasteiger charge is 2.15.